The third-order valence-corrected chi connectivity index (χ3v) is 6.59. The molecule has 5 rings (SSSR count). The Kier molecular flexibility index (Phi) is 6.32. The summed E-state index contributed by atoms with van der Waals surface area (Å²) in [5.74, 6) is -0.331. The van der Waals surface area contributed by atoms with E-state index in [1.165, 1.54) is 16.7 Å². The SMILES string of the molecule is Cc1ccc(NC(=O)c2cccnc2)cc1CCN1CC=C(C2=CN=C3CC=C(F)C=C23)CC1. The molecule has 0 spiro atoms. The van der Waals surface area contributed by atoms with Crippen LogP contribution in [0, 0.1) is 6.92 Å². The Morgan fingerprint density at radius 3 is 2.91 bits per heavy atom. The van der Waals surface area contributed by atoms with Gasteiger partial charge in [0.25, 0.3) is 5.91 Å². The molecule has 2 aromatic rings. The van der Waals surface area contributed by atoms with Gasteiger partial charge >= 0.3 is 0 Å². The van der Waals surface area contributed by atoms with Crippen molar-refractivity contribution in [1.82, 2.24) is 9.88 Å². The van der Waals surface area contributed by atoms with E-state index in [2.05, 4.69) is 45.3 Å². The van der Waals surface area contributed by atoms with Gasteiger partial charge in [-0.2, -0.15) is 0 Å². The molecule has 3 aliphatic rings. The molecule has 6 heteroatoms. The zero-order chi connectivity index (χ0) is 23.5. The summed E-state index contributed by atoms with van der Waals surface area (Å²) >= 11 is 0. The minimum Gasteiger partial charge on any atom is -0.322 e. The summed E-state index contributed by atoms with van der Waals surface area (Å²) in [6.07, 6.45) is 13.0. The van der Waals surface area contributed by atoms with Crippen LogP contribution in [0.5, 0.6) is 0 Å². The minimum absolute atomic E-state index is 0.159. The number of anilines is 1. The standard InChI is InChI=1S/C28H27FN4O/c1-19-4-6-24(32-28(34)22-3-2-11-30-17-22)15-21(19)10-14-33-12-8-20(9-13-33)26-18-31-27-7-5-23(29)16-25(26)27/h2-6,8,11,15-18H,7,9-10,12-14H2,1H3,(H,32,34). The average Bonchev–Trinajstić information content (AvgIpc) is 3.28. The van der Waals surface area contributed by atoms with Gasteiger partial charge in [0, 0.05) is 61.5 Å². The first-order chi connectivity index (χ1) is 16.6. The maximum absolute atomic E-state index is 13.8. The highest BCUT2D eigenvalue weighted by Gasteiger charge is 2.24. The summed E-state index contributed by atoms with van der Waals surface area (Å²) in [7, 11) is 0. The second-order valence-corrected chi connectivity index (χ2v) is 8.84. The van der Waals surface area contributed by atoms with Crippen molar-refractivity contribution in [1.29, 1.82) is 0 Å². The van der Waals surface area contributed by atoms with Crippen LogP contribution in [-0.4, -0.2) is 41.1 Å². The normalized spacial score (nSPS) is 17.8. The smallest absolute Gasteiger partial charge is 0.257 e. The van der Waals surface area contributed by atoms with Crippen molar-refractivity contribution in [2.75, 3.05) is 25.0 Å². The molecule has 0 bridgehead atoms. The molecule has 1 N–H and O–H groups in total. The number of rotatable bonds is 6. The van der Waals surface area contributed by atoms with Gasteiger partial charge in [0.1, 0.15) is 5.83 Å². The van der Waals surface area contributed by atoms with E-state index in [0.29, 0.717) is 12.0 Å². The Balaban J connectivity index is 1.19. The first-order valence-corrected chi connectivity index (χ1v) is 11.6. The van der Waals surface area contributed by atoms with E-state index < -0.39 is 0 Å². The monoisotopic (exact) mass is 454 g/mol. The quantitative estimate of drug-likeness (QED) is 0.641. The van der Waals surface area contributed by atoms with Crippen molar-refractivity contribution >= 4 is 17.3 Å². The molecule has 5 nitrogen and oxygen atoms in total. The first-order valence-electron chi connectivity index (χ1n) is 11.6. The molecule has 0 unspecified atom stereocenters. The number of fused-ring (bicyclic) bond motifs is 1. The van der Waals surface area contributed by atoms with E-state index in [4.69, 9.17) is 0 Å². The number of hydrogen-bond donors (Lipinski definition) is 1. The lowest BCUT2D eigenvalue weighted by molar-refractivity contribution is 0.102. The summed E-state index contributed by atoms with van der Waals surface area (Å²) in [6, 6.07) is 9.56. The van der Waals surface area contributed by atoms with Gasteiger partial charge in [-0.05, 0) is 72.9 Å². The number of benzene rings is 1. The zero-order valence-electron chi connectivity index (χ0n) is 19.2. The lowest BCUT2D eigenvalue weighted by Crippen LogP contribution is -2.31. The lowest BCUT2D eigenvalue weighted by atomic mass is 9.89. The number of halogens is 1. The van der Waals surface area contributed by atoms with Crippen molar-refractivity contribution in [3.63, 3.8) is 0 Å². The Bertz CT molecular complexity index is 1270. The predicted molar refractivity (Wildman–Crippen MR) is 134 cm³/mol. The summed E-state index contributed by atoms with van der Waals surface area (Å²) in [6.45, 7) is 4.86. The number of amides is 1. The number of aliphatic imine (C=N–C) groups is 1. The van der Waals surface area contributed by atoms with E-state index in [9.17, 15) is 9.18 Å². The number of carbonyl (C=O) groups excluding carboxylic acids is 1. The zero-order valence-corrected chi connectivity index (χ0v) is 19.2. The lowest BCUT2D eigenvalue weighted by Gasteiger charge is -2.27. The molecule has 1 amide bonds. The molecular weight excluding hydrogens is 427 g/mol. The fourth-order valence-electron chi connectivity index (χ4n) is 4.56. The van der Waals surface area contributed by atoms with Gasteiger partial charge in [-0.3, -0.25) is 19.7 Å². The summed E-state index contributed by atoms with van der Waals surface area (Å²) < 4.78 is 13.8. The number of aromatic nitrogens is 1. The van der Waals surface area contributed by atoms with E-state index >= 15 is 0 Å². The number of hydrogen-bond acceptors (Lipinski definition) is 4. The first kappa shape index (κ1) is 22.2. The van der Waals surface area contributed by atoms with Gasteiger partial charge in [0.05, 0.1) is 11.3 Å². The fourth-order valence-corrected chi connectivity index (χ4v) is 4.56. The van der Waals surface area contributed by atoms with Crippen LogP contribution in [0.1, 0.15) is 34.3 Å². The molecule has 0 radical (unpaired) electrons. The maximum Gasteiger partial charge on any atom is 0.257 e. The topological polar surface area (TPSA) is 57.6 Å². The summed E-state index contributed by atoms with van der Waals surface area (Å²) in [4.78, 5) is 23.4. The van der Waals surface area contributed by atoms with E-state index in [1.807, 2.05) is 12.3 Å². The average molecular weight is 455 g/mol. The molecule has 1 aromatic carbocycles. The van der Waals surface area contributed by atoms with Crippen molar-refractivity contribution < 1.29 is 9.18 Å². The van der Waals surface area contributed by atoms with Crippen LogP contribution in [0.3, 0.4) is 0 Å². The molecule has 172 valence electrons. The van der Waals surface area contributed by atoms with Gasteiger partial charge in [0.15, 0.2) is 0 Å². The number of pyridine rings is 1. The molecule has 3 heterocycles. The number of carbonyl (C=O) groups is 1. The number of nitrogens with zero attached hydrogens (tertiary/aromatic N) is 3. The van der Waals surface area contributed by atoms with Crippen molar-refractivity contribution in [3.05, 3.63) is 106 Å². The highest BCUT2D eigenvalue weighted by Crippen LogP contribution is 2.34. The van der Waals surface area contributed by atoms with Gasteiger partial charge in [-0.15, -0.1) is 0 Å². The maximum atomic E-state index is 13.8. The van der Waals surface area contributed by atoms with Gasteiger partial charge in [-0.25, -0.2) is 4.39 Å². The summed E-state index contributed by atoms with van der Waals surface area (Å²) in [5, 5.41) is 2.97. The van der Waals surface area contributed by atoms with Crippen molar-refractivity contribution in [2.24, 2.45) is 4.99 Å². The second-order valence-electron chi connectivity index (χ2n) is 8.84. The fraction of sp³-hybridized carbons (Fsp3) is 0.250. The number of allylic oxidation sites excluding steroid dienone is 5. The highest BCUT2D eigenvalue weighted by molar-refractivity contribution is 6.09. The third-order valence-electron chi connectivity index (χ3n) is 6.59. The highest BCUT2D eigenvalue weighted by atomic mass is 19.1. The Morgan fingerprint density at radius 1 is 1.21 bits per heavy atom. The van der Waals surface area contributed by atoms with Gasteiger partial charge in [-0.1, -0.05) is 12.1 Å². The Hall–Kier alpha value is -3.64. The van der Waals surface area contributed by atoms with Gasteiger partial charge in [0.2, 0.25) is 0 Å². The molecule has 2 aliphatic heterocycles. The van der Waals surface area contributed by atoms with Crippen molar-refractivity contribution in [3.8, 4) is 0 Å². The number of nitrogens with one attached hydrogen (secondary N) is 1. The van der Waals surface area contributed by atoms with Gasteiger partial charge < -0.3 is 5.32 Å². The molecule has 34 heavy (non-hydrogen) atoms. The van der Waals surface area contributed by atoms with E-state index in [-0.39, 0.29) is 11.7 Å². The van der Waals surface area contributed by atoms with Crippen LogP contribution >= 0.6 is 0 Å². The van der Waals surface area contributed by atoms with Crippen LogP contribution in [0.15, 0.2) is 94.7 Å². The molecule has 0 fully saturated rings. The second kappa shape index (κ2) is 9.69. The van der Waals surface area contributed by atoms with Crippen LogP contribution < -0.4 is 5.32 Å². The molecule has 0 saturated heterocycles. The largest absolute Gasteiger partial charge is 0.322 e. The van der Waals surface area contributed by atoms with Crippen LogP contribution in [0.25, 0.3) is 0 Å². The number of aryl methyl sites for hydroxylation is 1. The molecule has 0 saturated carbocycles. The predicted octanol–water partition coefficient (Wildman–Crippen LogP) is 5.34. The molecule has 1 aromatic heterocycles. The molecule has 0 atom stereocenters. The molecule has 1 aliphatic carbocycles. The Labute approximate surface area is 199 Å². The Morgan fingerprint density at radius 2 is 2.12 bits per heavy atom. The van der Waals surface area contributed by atoms with Crippen LogP contribution in [-0.2, 0) is 6.42 Å². The third kappa shape index (κ3) is 4.82. The van der Waals surface area contributed by atoms with E-state index in [0.717, 1.165) is 55.0 Å². The summed E-state index contributed by atoms with van der Waals surface area (Å²) in [5.41, 5.74) is 8.02. The molecular formula is C28H27FN4O. The van der Waals surface area contributed by atoms with Crippen LogP contribution in [0.2, 0.25) is 0 Å². The van der Waals surface area contributed by atoms with E-state index in [1.54, 1.807) is 36.7 Å². The minimum atomic E-state index is -0.172. The van der Waals surface area contributed by atoms with Crippen LogP contribution in [0.4, 0.5) is 10.1 Å². The van der Waals surface area contributed by atoms with Crippen molar-refractivity contribution in [2.45, 2.75) is 26.2 Å².